The van der Waals surface area contributed by atoms with E-state index in [-0.39, 0.29) is 19.5 Å². The molecule has 1 unspecified atom stereocenters. The topological polar surface area (TPSA) is 283 Å². The summed E-state index contributed by atoms with van der Waals surface area (Å²) in [6.07, 6.45) is -18.3. The van der Waals surface area contributed by atoms with Gasteiger partial charge in [0, 0.05) is 25.2 Å². The van der Waals surface area contributed by atoms with Crippen molar-refractivity contribution in [1.29, 1.82) is 0 Å². The lowest BCUT2D eigenvalue weighted by atomic mass is 9.84. The molecule has 0 bridgehead atoms. The first-order valence-electron chi connectivity index (χ1n) is 10.8. The van der Waals surface area contributed by atoms with Crippen molar-refractivity contribution in [1.82, 2.24) is 0 Å². The molecule has 15 nitrogen and oxygen atoms in total. The zero-order valence-electron chi connectivity index (χ0n) is 17.9. The van der Waals surface area contributed by atoms with Crippen LogP contribution in [0.1, 0.15) is 6.42 Å². The molecule has 2 saturated heterocycles. The maximum atomic E-state index is 10.9. The van der Waals surface area contributed by atoms with E-state index in [9.17, 15) is 35.7 Å². The molecule has 3 rings (SSSR count). The summed E-state index contributed by atoms with van der Waals surface area (Å²) in [5.41, 5.74) is 23.2. The number of ether oxygens (including phenoxy) is 4. The van der Waals surface area contributed by atoms with Gasteiger partial charge < -0.3 is 77.6 Å². The molecule has 0 amide bonds. The second kappa shape index (κ2) is 11.0. The van der Waals surface area contributed by atoms with E-state index < -0.39 is 91.8 Å². The van der Waals surface area contributed by atoms with Gasteiger partial charge >= 0.3 is 0 Å². The van der Waals surface area contributed by atoms with Gasteiger partial charge in [0.2, 0.25) is 0 Å². The minimum absolute atomic E-state index is 0.0784. The third kappa shape index (κ3) is 5.32. The molecule has 2 aliphatic heterocycles. The van der Waals surface area contributed by atoms with Crippen molar-refractivity contribution < 1.29 is 54.7 Å². The van der Waals surface area contributed by atoms with E-state index in [1.807, 2.05) is 0 Å². The monoisotopic (exact) mass is 484 g/mol. The highest BCUT2D eigenvalue weighted by molar-refractivity contribution is 5.01. The van der Waals surface area contributed by atoms with Gasteiger partial charge in [0.05, 0.1) is 0 Å². The van der Waals surface area contributed by atoms with Crippen molar-refractivity contribution in [2.75, 3.05) is 13.1 Å². The van der Waals surface area contributed by atoms with E-state index in [1.54, 1.807) is 0 Å². The van der Waals surface area contributed by atoms with Gasteiger partial charge in [0.15, 0.2) is 12.6 Å². The number of aliphatic hydroxyl groups excluding tert-OH is 7. The van der Waals surface area contributed by atoms with Crippen LogP contribution in [0.3, 0.4) is 0 Å². The second-order valence-corrected chi connectivity index (χ2v) is 8.76. The summed E-state index contributed by atoms with van der Waals surface area (Å²) < 4.78 is 22.2. The molecule has 2 heterocycles. The maximum Gasteiger partial charge on any atom is 0.187 e. The Labute approximate surface area is 189 Å². The number of rotatable bonds is 6. The molecule has 0 spiro atoms. The predicted molar refractivity (Wildman–Crippen MR) is 108 cm³/mol. The highest BCUT2D eigenvalue weighted by Gasteiger charge is 2.51. The minimum atomic E-state index is -1.66. The van der Waals surface area contributed by atoms with E-state index in [0.717, 1.165) is 0 Å². The molecule has 194 valence electrons. The van der Waals surface area contributed by atoms with Crippen LogP contribution in [0.15, 0.2) is 0 Å². The van der Waals surface area contributed by atoms with Gasteiger partial charge in [0.1, 0.15) is 67.1 Å². The number of nitrogens with two attached hydrogens (primary N) is 4. The molecule has 0 aromatic rings. The Morgan fingerprint density at radius 3 is 1.27 bits per heavy atom. The lowest BCUT2D eigenvalue weighted by molar-refractivity contribution is -0.336. The summed E-state index contributed by atoms with van der Waals surface area (Å²) >= 11 is 0. The summed E-state index contributed by atoms with van der Waals surface area (Å²) in [6.45, 7) is -0.345. The first-order valence-corrected chi connectivity index (χ1v) is 10.8. The van der Waals surface area contributed by atoms with Crippen LogP contribution < -0.4 is 22.9 Å². The summed E-state index contributed by atoms with van der Waals surface area (Å²) in [6, 6.07) is -1.68. The first-order chi connectivity index (χ1) is 15.5. The first kappa shape index (κ1) is 27.0. The van der Waals surface area contributed by atoms with Crippen LogP contribution in [0.2, 0.25) is 0 Å². The molecule has 0 aromatic heterocycles. The fourth-order valence-corrected chi connectivity index (χ4v) is 4.40. The van der Waals surface area contributed by atoms with Crippen LogP contribution in [-0.4, -0.2) is 141 Å². The number of aliphatic hydroxyl groups is 7. The van der Waals surface area contributed by atoms with Gasteiger partial charge in [-0.2, -0.15) is 0 Å². The number of hydrogen-bond acceptors (Lipinski definition) is 15. The summed E-state index contributed by atoms with van der Waals surface area (Å²) in [4.78, 5) is 0. The molecule has 3 aliphatic rings. The van der Waals surface area contributed by atoms with Gasteiger partial charge in [-0.15, -0.1) is 0 Å². The average Bonchev–Trinajstić information content (AvgIpc) is 2.79. The van der Waals surface area contributed by atoms with Gasteiger partial charge in [-0.05, 0) is 6.42 Å². The normalized spacial score (nSPS) is 53.7. The van der Waals surface area contributed by atoms with Crippen LogP contribution in [0, 0.1) is 0 Å². The van der Waals surface area contributed by atoms with Crippen molar-refractivity contribution in [3.05, 3.63) is 0 Å². The molecule has 0 aromatic carbocycles. The van der Waals surface area contributed by atoms with Gasteiger partial charge in [-0.1, -0.05) is 0 Å². The standard InChI is InChI=1S/C18H36N4O11/c19-2-6-8(23)10(25)12(27)17(30-6)32-15-4(21)1-5(22)16(14(15)29)33-18-13(28)11(26)9(24)7(3-20)31-18/h4-18,23-29H,1-3,19-22H2/t4-,5+,6-,7+,8-,9+,10+,11-,12-,13+,14?,15+,16-,17-,18-/m1/s1. The second-order valence-electron chi connectivity index (χ2n) is 8.76. The Hall–Kier alpha value is -0.600. The molecule has 0 radical (unpaired) electrons. The highest BCUT2D eigenvalue weighted by atomic mass is 16.7. The third-order valence-electron chi connectivity index (χ3n) is 6.45. The Balaban J connectivity index is 1.72. The molecule has 33 heavy (non-hydrogen) atoms. The Kier molecular flexibility index (Phi) is 8.99. The van der Waals surface area contributed by atoms with Crippen molar-refractivity contribution in [2.45, 2.75) is 98.2 Å². The quantitative estimate of drug-likeness (QED) is 0.167. The summed E-state index contributed by atoms with van der Waals surface area (Å²) in [5.74, 6) is 0. The predicted octanol–water partition coefficient (Wildman–Crippen LogP) is -7.29. The van der Waals surface area contributed by atoms with Crippen molar-refractivity contribution in [2.24, 2.45) is 22.9 Å². The molecule has 15 atom stereocenters. The smallest absolute Gasteiger partial charge is 0.187 e. The summed E-state index contributed by atoms with van der Waals surface area (Å²) in [5, 5.41) is 71.4. The van der Waals surface area contributed by atoms with Crippen LogP contribution in [-0.2, 0) is 18.9 Å². The van der Waals surface area contributed by atoms with E-state index in [4.69, 9.17) is 41.9 Å². The molecular weight excluding hydrogens is 448 g/mol. The van der Waals surface area contributed by atoms with Gasteiger partial charge in [-0.3, -0.25) is 0 Å². The van der Waals surface area contributed by atoms with Gasteiger partial charge in [0.25, 0.3) is 0 Å². The molecule has 15 N–H and O–H groups in total. The Morgan fingerprint density at radius 2 is 0.939 bits per heavy atom. The fourth-order valence-electron chi connectivity index (χ4n) is 4.40. The van der Waals surface area contributed by atoms with Crippen molar-refractivity contribution in [3.8, 4) is 0 Å². The zero-order valence-corrected chi connectivity index (χ0v) is 17.9. The van der Waals surface area contributed by atoms with Crippen LogP contribution in [0.4, 0.5) is 0 Å². The van der Waals surface area contributed by atoms with E-state index in [0.29, 0.717) is 0 Å². The van der Waals surface area contributed by atoms with Crippen LogP contribution in [0.5, 0.6) is 0 Å². The summed E-state index contributed by atoms with van der Waals surface area (Å²) in [7, 11) is 0. The fraction of sp³-hybridized carbons (Fsp3) is 1.00. The Bertz CT molecular complexity index is 584. The third-order valence-corrected chi connectivity index (χ3v) is 6.45. The maximum absolute atomic E-state index is 10.9. The van der Waals surface area contributed by atoms with Crippen LogP contribution in [0.25, 0.3) is 0 Å². The lowest BCUT2D eigenvalue weighted by Gasteiger charge is -2.48. The molecule has 1 saturated carbocycles. The van der Waals surface area contributed by atoms with E-state index in [2.05, 4.69) is 0 Å². The highest BCUT2D eigenvalue weighted by Crippen LogP contribution is 2.31. The molecule has 15 heteroatoms. The average molecular weight is 485 g/mol. The molecule has 1 aliphatic carbocycles. The lowest BCUT2D eigenvalue weighted by Crippen LogP contribution is -2.68. The van der Waals surface area contributed by atoms with Crippen LogP contribution >= 0.6 is 0 Å². The minimum Gasteiger partial charge on any atom is -0.388 e. The van der Waals surface area contributed by atoms with Gasteiger partial charge in [-0.25, -0.2) is 0 Å². The molecule has 3 fully saturated rings. The largest absolute Gasteiger partial charge is 0.388 e. The van der Waals surface area contributed by atoms with Crippen molar-refractivity contribution in [3.63, 3.8) is 0 Å². The molecular formula is C18H36N4O11. The Morgan fingerprint density at radius 1 is 0.576 bits per heavy atom. The SMILES string of the molecule is NC[C@@H]1O[C@H](O[C@H]2C(O)[C@@H](O[C@H]3O[C@H](CN)[C@@H](O)[C@H](O)[C@H]3O)[C@H](N)C[C@@H]2N)[C@@H](O)[C@H](O)[C@H]1O. The van der Waals surface area contributed by atoms with Crippen molar-refractivity contribution >= 4 is 0 Å². The van der Waals surface area contributed by atoms with E-state index >= 15 is 0 Å². The van der Waals surface area contributed by atoms with E-state index in [1.165, 1.54) is 0 Å². The zero-order chi connectivity index (χ0) is 24.6. The number of hydrogen-bond donors (Lipinski definition) is 11.